The van der Waals surface area contributed by atoms with Crippen molar-refractivity contribution in [2.75, 3.05) is 31.9 Å². The van der Waals surface area contributed by atoms with E-state index in [1.807, 2.05) is 6.07 Å². The molecule has 24 heavy (non-hydrogen) atoms. The van der Waals surface area contributed by atoms with Gasteiger partial charge in [0.2, 0.25) is 0 Å². The zero-order valence-electron chi connectivity index (χ0n) is 15.6. The van der Waals surface area contributed by atoms with Crippen molar-refractivity contribution in [3.63, 3.8) is 0 Å². The van der Waals surface area contributed by atoms with Gasteiger partial charge in [-0.2, -0.15) is 0 Å². The predicted molar refractivity (Wildman–Crippen MR) is 99.5 cm³/mol. The maximum Gasteiger partial charge on any atom is 0.495 e. The Bertz CT molecular complexity index is 597. The van der Waals surface area contributed by atoms with Gasteiger partial charge in [-0.3, -0.25) is 4.90 Å². The molecular weight excluding hydrogens is 301 g/mol. The summed E-state index contributed by atoms with van der Waals surface area (Å²) in [5.41, 5.74) is 9.83. The Labute approximate surface area is 146 Å². The quantitative estimate of drug-likeness (QED) is 0.645. The second-order valence-electron chi connectivity index (χ2n) is 8.01. The second-order valence-corrected chi connectivity index (χ2v) is 8.01. The summed E-state index contributed by atoms with van der Waals surface area (Å²) >= 11 is 0. The van der Waals surface area contributed by atoms with Crippen LogP contribution in [0.3, 0.4) is 0 Å². The van der Waals surface area contributed by atoms with E-state index in [0.29, 0.717) is 0 Å². The number of benzene rings is 1. The standard InChI is InChI=1S/C18H30BN3O2/c1-13-14(12-22-8-6-21-7-9-22)10-15(20)11-16(13)19-23-17(2,3)18(4,5)24-19/h10-11,21H,6-9,12,20H2,1-5H3. The van der Waals surface area contributed by atoms with Crippen molar-refractivity contribution in [2.45, 2.75) is 52.4 Å². The first-order valence-corrected chi connectivity index (χ1v) is 8.87. The van der Waals surface area contributed by atoms with Crippen LogP contribution < -0.4 is 16.5 Å². The average Bonchev–Trinajstić information content (AvgIpc) is 2.72. The lowest BCUT2D eigenvalue weighted by Gasteiger charge is -2.32. The predicted octanol–water partition coefficient (Wildman–Crippen LogP) is 1.28. The monoisotopic (exact) mass is 331 g/mol. The Morgan fingerprint density at radius 2 is 1.71 bits per heavy atom. The molecule has 6 heteroatoms. The molecule has 2 fully saturated rings. The van der Waals surface area contributed by atoms with Crippen LogP contribution in [0.5, 0.6) is 0 Å². The lowest BCUT2D eigenvalue weighted by molar-refractivity contribution is 0.00578. The van der Waals surface area contributed by atoms with E-state index >= 15 is 0 Å². The zero-order chi connectivity index (χ0) is 17.5. The normalized spacial score (nSPS) is 23.6. The third-order valence-electron chi connectivity index (χ3n) is 5.69. The number of nitrogens with zero attached hydrogens (tertiary/aromatic N) is 1. The number of rotatable bonds is 3. The van der Waals surface area contributed by atoms with Crippen LogP contribution in [0.4, 0.5) is 5.69 Å². The highest BCUT2D eigenvalue weighted by atomic mass is 16.7. The van der Waals surface area contributed by atoms with Gasteiger partial charge < -0.3 is 20.4 Å². The number of nitrogens with one attached hydrogen (secondary N) is 1. The van der Waals surface area contributed by atoms with Gasteiger partial charge in [0.15, 0.2) is 0 Å². The Balaban J connectivity index is 1.86. The Morgan fingerprint density at radius 1 is 1.12 bits per heavy atom. The van der Waals surface area contributed by atoms with Crippen LogP contribution >= 0.6 is 0 Å². The van der Waals surface area contributed by atoms with Gasteiger partial charge in [-0.1, -0.05) is 0 Å². The van der Waals surface area contributed by atoms with E-state index in [0.717, 1.165) is 43.9 Å². The summed E-state index contributed by atoms with van der Waals surface area (Å²) in [4.78, 5) is 2.46. The van der Waals surface area contributed by atoms with E-state index in [2.05, 4.69) is 50.9 Å². The minimum Gasteiger partial charge on any atom is -0.399 e. The minimum absolute atomic E-state index is 0.340. The highest BCUT2D eigenvalue weighted by molar-refractivity contribution is 6.62. The molecule has 0 aliphatic carbocycles. The Kier molecular flexibility index (Phi) is 4.68. The molecular formula is C18H30BN3O2. The maximum absolute atomic E-state index is 6.23. The van der Waals surface area contributed by atoms with Gasteiger partial charge in [-0.05, 0) is 63.3 Å². The molecule has 0 amide bonds. The first-order chi connectivity index (χ1) is 11.2. The van der Waals surface area contributed by atoms with Gasteiger partial charge in [-0.25, -0.2) is 0 Å². The first-order valence-electron chi connectivity index (χ1n) is 8.87. The van der Waals surface area contributed by atoms with E-state index in [1.54, 1.807) is 0 Å². The Morgan fingerprint density at radius 3 is 2.29 bits per heavy atom. The molecule has 2 aliphatic rings. The van der Waals surface area contributed by atoms with Crippen molar-refractivity contribution in [1.82, 2.24) is 10.2 Å². The summed E-state index contributed by atoms with van der Waals surface area (Å²) in [6.45, 7) is 15.6. The molecule has 132 valence electrons. The summed E-state index contributed by atoms with van der Waals surface area (Å²) in [5, 5.41) is 3.39. The molecule has 0 unspecified atom stereocenters. The highest BCUT2D eigenvalue weighted by Crippen LogP contribution is 2.37. The van der Waals surface area contributed by atoms with Crippen molar-refractivity contribution in [1.29, 1.82) is 0 Å². The summed E-state index contributed by atoms with van der Waals surface area (Å²) < 4.78 is 12.5. The summed E-state index contributed by atoms with van der Waals surface area (Å²) in [6, 6.07) is 4.09. The maximum atomic E-state index is 6.23. The number of nitrogen functional groups attached to an aromatic ring is 1. The SMILES string of the molecule is Cc1c(CN2CCNCC2)cc(N)cc1B1OC(C)(C)C(C)(C)O1. The average molecular weight is 331 g/mol. The van der Waals surface area contributed by atoms with E-state index in [9.17, 15) is 0 Å². The fraction of sp³-hybridized carbons (Fsp3) is 0.667. The summed E-state index contributed by atoms with van der Waals surface area (Å²) in [5.74, 6) is 0. The van der Waals surface area contributed by atoms with Crippen molar-refractivity contribution in [3.8, 4) is 0 Å². The minimum atomic E-state index is -0.361. The lowest BCUT2D eigenvalue weighted by Crippen LogP contribution is -2.43. The molecule has 1 aromatic carbocycles. The smallest absolute Gasteiger partial charge is 0.399 e. The highest BCUT2D eigenvalue weighted by Gasteiger charge is 2.52. The van der Waals surface area contributed by atoms with Crippen molar-refractivity contribution < 1.29 is 9.31 Å². The van der Waals surface area contributed by atoms with Gasteiger partial charge in [0, 0.05) is 38.4 Å². The molecule has 0 saturated carbocycles. The van der Waals surface area contributed by atoms with Crippen molar-refractivity contribution >= 4 is 18.3 Å². The van der Waals surface area contributed by atoms with Crippen LogP contribution in [0.1, 0.15) is 38.8 Å². The van der Waals surface area contributed by atoms with Crippen LogP contribution in [0.25, 0.3) is 0 Å². The second kappa shape index (κ2) is 6.34. The molecule has 0 radical (unpaired) electrons. The van der Waals surface area contributed by atoms with Gasteiger partial charge in [-0.15, -0.1) is 0 Å². The fourth-order valence-corrected chi connectivity index (χ4v) is 3.31. The van der Waals surface area contributed by atoms with Crippen molar-refractivity contribution in [2.24, 2.45) is 0 Å². The third kappa shape index (κ3) is 3.33. The molecule has 0 spiro atoms. The van der Waals surface area contributed by atoms with Crippen LogP contribution in [0, 0.1) is 6.92 Å². The van der Waals surface area contributed by atoms with Crippen molar-refractivity contribution in [3.05, 3.63) is 23.3 Å². The molecule has 0 atom stereocenters. The first kappa shape index (κ1) is 17.7. The molecule has 3 rings (SSSR count). The molecule has 1 aromatic rings. The molecule has 2 saturated heterocycles. The lowest BCUT2D eigenvalue weighted by atomic mass is 9.74. The van der Waals surface area contributed by atoms with E-state index in [1.165, 1.54) is 11.1 Å². The molecule has 0 bridgehead atoms. The van der Waals surface area contributed by atoms with Gasteiger partial charge >= 0.3 is 7.12 Å². The number of piperazine rings is 1. The summed E-state index contributed by atoms with van der Waals surface area (Å²) in [7, 11) is -0.361. The van der Waals surface area contributed by atoms with Crippen LogP contribution in [-0.4, -0.2) is 49.4 Å². The fourth-order valence-electron chi connectivity index (χ4n) is 3.31. The zero-order valence-corrected chi connectivity index (χ0v) is 15.6. The van der Waals surface area contributed by atoms with Crippen LogP contribution in [0.2, 0.25) is 0 Å². The van der Waals surface area contributed by atoms with E-state index in [4.69, 9.17) is 15.0 Å². The van der Waals surface area contributed by atoms with Gasteiger partial charge in [0.25, 0.3) is 0 Å². The summed E-state index contributed by atoms with van der Waals surface area (Å²) in [6.07, 6.45) is 0. The molecule has 3 N–H and O–H groups in total. The molecule has 2 heterocycles. The number of anilines is 1. The number of hydrogen-bond acceptors (Lipinski definition) is 5. The Hall–Kier alpha value is -1.08. The van der Waals surface area contributed by atoms with Gasteiger partial charge in [0.1, 0.15) is 0 Å². The molecule has 0 aromatic heterocycles. The van der Waals surface area contributed by atoms with E-state index < -0.39 is 0 Å². The molecule has 5 nitrogen and oxygen atoms in total. The van der Waals surface area contributed by atoms with Crippen LogP contribution in [-0.2, 0) is 15.9 Å². The number of hydrogen-bond donors (Lipinski definition) is 2. The van der Waals surface area contributed by atoms with Crippen LogP contribution in [0.15, 0.2) is 12.1 Å². The largest absolute Gasteiger partial charge is 0.495 e. The third-order valence-corrected chi connectivity index (χ3v) is 5.69. The number of nitrogens with two attached hydrogens (primary N) is 1. The van der Waals surface area contributed by atoms with Gasteiger partial charge in [0.05, 0.1) is 11.2 Å². The molecule has 2 aliphatic heterocycles. The van der Waals surface area contributed by atoms with E-state index in [-0.39, 0.29) is 18.3 Å². The topological polar surface area (TPSA) is 59.8 Å².